The van der Waals surface area contributed by atoms with E-state index in [9.17, 15) is 12.8 Å². The first-order valence-electron chi connectivity index (χ1n) is 9.05. The lowest BCUT2D eigenvalue weighted by Gasteiger charge is -2.30. The Morgan fingerprint density at radius 1 is 1.18 bits per heavy atom. The van der Waals surface area contributed by atoms with Gasteiger partial charge in [0.05, 0.1) is 10.9 Å². The summed E-state index contributed by atoms with van der Waals surface area (Å²) in [5.41, 5.74) is 1.87. The highest BCUT2D eigenvalue weighted by Gasteiger charge is 2.42. The molecule has 0 N–H and O–H groups in total. The SMILES string of the molecule is CS(=O)(=O)c1ccc(O[C@@H]2c3cc(Cl)cc(Cl)c3C[C@@H]2N2CC[C@H](F)C2)cc1. The Labute approximate surface area is 174 Å². The second kappa shape index (κ2) is 7.48. The lowest BCUT2D eigenvalue weighted by molar-refractivity contribution is 0.0896. The predicted molar refractivity (Wildman–Crippen MR) is 108 cm³/mol. The van der Waals surface area contributed by atoms with Crippen LogP contribution in [0.5, 0.6) is 5.75 Å². The summed E-state index contributed by atoms with van der Waals surface area (Å²) in [6.07, 6.45) is 1.14. The molecule has 1 fully saturated rings. The summed E-state index contributed by atoms with van der Waals surface area (Å²) in [6, 6.07) is 9.83. The molecule has 0 radical (unpaired) electrons. The standard InChI is InChI=1S/C20H20Cl2FNO3S/c1-28(25,26)15-4-2-14(3-5-15)27-20-17-8-12(21)9-18(22)16(17)10-19(20)24-7-6-13(23)11-24/h2-5,8-9,13,19-20H,6-7,10-11H2,1H3/t13-,19-,20+/m0/s1. The van der Waals surface area contributed by atoms with Crippen LogP contribution in [0.25, 0.3) is 0 Å². The zero-order chi connectivity index (χ0) is 20.1. The van der Waals surface area contributed by atoms with Gasteiger partial charge >= 0.3 is 0 Å². The Bertz CT molecular complexity index is 997. The molecule has 0 aromatic heterocycles. The fraction of sp³-hybridized carbons (Fsp3) is 0.400. The van der Waals surface area contributed by atoms with Gasteiger partial charge in [-0.3, -0.25) is 4.90 Å². The number of fused-ring (bicyclic) bond motifs is 1. The molecule has 1 aliphatic carbocycles. The first kappa shape index (κ1) is 20.0. The second-order valence-corrected chi connectivity index (χ2v) is 10.2. The van der Waals surface area contributed by atoms with Gasteiger partial charge in [-0.2, -0.15) is 0 Å². The number of sulfone groups is 1. The summed E-state index contributed by atoms with van der Waals surface area (Å²) in [4.78, 5) is 2.33. The van der Waals surface area contributed by atoms with Crippen LogP contribution >= 0.6 is 23.2 Å². The van der Waals surface area contributed by atoms with Gasteiger partial charge in [0.25, 0.3) is 0 Å². The Morgan fingerprint density at radius 2 is 1.89 bits per heavy atom. The van der Waals surface area contributed by atoms with Gasteiger partial charge in [-0.1, -0.05) is 23.2 Å². The highest BCUT2D eigenvalue weighted by Crippen LogP contribution is 2.43. The fourth-order valence-electron chi connectivity index (χ4n) is 4.03. The fourth-order valence-corrected chi connectivity index (χ4v) is 5.25. The third-order valence-electron chi connectivity index (χ3n) is 5.41. The number of hydrogen-bond acceptors (Lipinski definition) is 4. The summed E-state index contributed by atoms with van der Waals surface area (Å²) >= 11 is 12.6. The molecule has 150 valence electrons. The van der Waals surface area contributed by atoms with Crippen LogP contribution in [0.15, 0.2) is 41.3 Å². The molecule has 2 aromatic carbocycles. The molecule has 4 rings (SSSR count). The minimum Gasteiger partial charge on any atom is -0.484 e. The molecule has 1 aliphatic heterocycles. The molecule has 4 nitrogen and oxygen atoms in total. The average molecular weight is 444 g/mol. The number of rotatable bonds is 4. The van der Waals surface area contributed by atoms with E-state index in [1.54, 1.807) is 18.2 Å². The monoisotopic (exact) mass is 443 g/mol. The maximum absolute atomic E-state index is 13.8. The maximum Gasteiger partial charge on any atom is 0.175 e. The van der Waals surface area contributed by atoms with Crippen LogP contribution in [-0.2, 0) is 16.3 Å². The summed E-state index contributed by atoms with van der Waals surface area (Å²) in [6.45, 7) is 1.04. The Morgan fingerprint density at radius 3 is 2.50 bits per heavy atom. The molecule has 0 saturated carbocycles. The average Bonchev–Trinajstić information content (AvgIpc) is 3.19. The second-order valence-electron chi connectivity index (χ2n) is 7.39. The van der Waals surface area contributed by atoms with Crippen molar-refractivity contribution in [1.29, 1.82) is 0 Å². The van der Waals surface area contributed by atoms with Crippen molar-refractivity contribution < 1.29 is 17.5 Å². The lowest BCUT2D eigenvalue weighted by Crippen LogP contribution is -2.38. The van der Waals surface area contributed by atoms with Crippen molar-refractivity contribution in [2.75, 3.05) is 19.3 Å². The van der Waals surface area contributed by atoms with Crippen LogP contribution in [0.2, 0.25) is 10.0 Å². The Hall–Kier alpha value is -1.34. The van der Waals surface area contributed by atoms with E-state index in [0.29, 0.717) is 41.7 Å². The quantitative estimate of drug-likeness (QED) is 0.698. The topological polar surface area (TPSA) is 46.6 Å². The van der Waals surface area contributed by atoms with Crippen molar-refractivity contribution >= 4 is 33.0 Å². The molecular weight excluding hydrogens is 424 g/mol. The van der Waals surface area contributed by atoms with Crippen LogP contribution < -0.4 is 4.74 Å². The van der Waals surface area contributed by atoms with E-state index in [1.165, 1.54) is 12.1 Å². The summed E-state index contributed by atoms with van der Waals surface area (Å²) in [5.74, 6) is 0.544. The first-order chi connectivity index (χ1) is 13.2. The minimum atomic E-state index is -3.28. The van der Waals surface area contributed by atoms with Gasteiger partial charge in [-0.25, -0.2) is 12.8 Å². The molecule has 8 heteroatoms. The van der Waals surface area contributed by atoms with Crippen molar-refractivity contribution in [2.24, 2.45) is 0 Å². The molecule has 2 aliphatic rings. The Kier molecular flexibility index (Phi) is 5.33. The van der Waals surface area contributed by atoms with Crippen LogP contribution in [-0.4, -0.2) is 44.9 Å². The highest BCUT2D eigenvalue weighted by atomic mass is 35.5. The molecule has 28 heavy (non-hydrogen) atoms. The summed E-state index contributed by atoms with van der Waals surface area (Å²) in [5, 5.41) is 1.11. The molecule has 0 amide bonds. The maximum atomic E-state index is 13.8. The number of likely N-dealkylation sites (tertiary alicyclic amines) is 1. The number of benzene rings is 2. The summed E-state index contributed by atoms with van der Waals surface area (Å²) < 4.78 is 43.4. The normalized spacial score (nSPS) is 25.1. The van der Waals surface area contributed by atoms with E-state index < -0.39 is 16.0 Å². The molecular formula is C20H20Cl2FNO3S. The smallest absolute Gasteiger partial charge is 0.175 e. The van der Waals surface area contributed by atoms with Crippen molar-refractivity contribution in [3.8, 4) is 5.75 Å². The minimum absolute atomic E-state index is 0.0544. The van der Waals surface area contributed by atoms with Gasteiger partial charge in [0.2, 0.25) is 0 Å². The van der Waals surface area contributed by atoms with Gasteiger partial charge < -0.3 is 4.74 Å². The molecule has 3 atom stereocenters. The lowest BCUT2D eigenvalue weighted by atomic mass is 10.1. The molecule has 1 saturated heterocycles. The summed E-state index contributed by atoms with van der Waals surface area (Å²) in [7, 11) is -3.28. The molecule has 2 aromatic rings. The third-order valence-corrected chi connectivity index (χ3v) is 7.09. The number of nitrogens with zero attached hydrogens (tertiary/aromatic N) is 1. The van der Waals surface area contributed by atoms with Gasteiger partial charge in [0.1, 0.15) is 18.0 Å². The predicted octanol–water partition coefficient (Wildman–Crippen LogP) is 4.49. The zero-order valence-corrected chi connectivity index (χ0v) is 17.6. The van der Waals surface area contributed by atoms with Crippen molar-refractivity contribution in [3.05, 3.63) is 57.6 Å². The van der Waals surface area contributed by atoms with E-state index in [-0.39, 0.29) is 17.0 Å². The van der Waals surface area contributed by atoms with Crippen molar-refractivity contribution in [3.63, 3.8) is 0 Å². The van der Waals surface area contributed by atoms with E-state index in [4.69, 9.17) is 27.9 Å². The van der Waals surface area contributed by atoms with Crippen LogP contribution in [0, 0.1) is 0 Å². The van der Waals surface area contributed by atoms with E-state index >= 15 is 0 Å². The van der Waals surface area contributed by atoms with E-state index in [0.717, 1.165) is 17.4 Å². The largest absolute Gasteiger partial charge is 0.484 e. The first-order valence-corrected chi connectivity index (χ1v) is 11.7. The van der Waals surface area contributed by atoms with Gasteiger partial charge in [-0.15, -0.1) is 0 Å². The molecule has 0 spiro atoms. The van der Waals surface area contributed by atoms with Gasteiger partial charge in [-0.05, 0) is 54.8 Å². The number of ether oxygens (including phenoxy) is 1. The van der Waals surface area contributed by atoms with E-state index in [1.807, 2.05) is 6.07 Å². The van der Waals surface area contributed by atoms with Crippen molar-refractivity contribution in [1.82, 2.24) is 4.90 Å². The third kappa shape index (κ3) is 3.88. The zero-order valence-electron chi connectivity index (χ0n) is 15.2. The molecule has 0 bridgehead atoms. The van der Waals surface area contributed by atoms with E-state index in [2.05, 4.69) is 4.90 Å². The number of hydrogen-bond donors (Lipinski definition) is 0. The number of halogens is 3. The van der Waals surface area contributed by atoms with Crippen LogP contribution in [0.3, 0.4) is 0 Å². The Balaban J connectivity index is 1.67. The van der Waals surface area contributed by atoms with Crippen LogP contribution in [0.4, 0.5) is 4.39 Å². The highest BCUT2D eigenvalue weighted by molar-refractivity contribution is 7.90. The van der Waals surface area contributed by atoms with Crippen LogP contribution in [0.1, 0.15) is 23.7 Å². The van der Waals surface area contributed by atoms with Gasteiger partial charge in [0.15, 0.2) is 9.84 Å². The van der Waals surface area contributed by atoms with Gasteiger partial charge in [0, 0.05) is 35.0 Å². The number of alkyl halides is 1. The van der Waals surface area contributed by atoms with Crippen molar-refractivity contribution in [2.45, 2.75) is 36.1 Å². The molecule has 1 heterocycles. The molecule has 0 unspecified atom stereocenters.